The summed E-state index contributed by atoms with van der Waals surface area (Å²) in [6.45, 7) is 1.18. The molecule has 1 rings (SSSR count). The molecule has 0 saturated heterocycles. The van der Waals surface area contributed by atoms with E-state index in [0.717, 1.165) is 0 Å². The Balaban J connectivity index is 2.43. The van der Waals surface area contributed by atoms with E-state index in [-0.39, 0.29) is 0 Å². The maximum Gasteiger partial charge on any atom is 0.168 e. The molecular formula is C8H14NSi+. The maximum absolute atomic E-state index is 2.23. The van der Waals surface area contributed by atoms with Crippen molar-refractivity contribution in [1.82, 2.24) is 0 Å². The maximum atomic E-state index is 2.23. The highest BCUT2D eigenvalue weighted by atomic mass is 28.1. The SMILES string of the molecule is [SiH3]CCC[n+]1ccccc1. The van der Waals surface area contributed by atoms with Crippen molar-refractivity contribution in [1.29, 1.82) is 0 Å². The van der Waals surface area contributed by atoms with Crippen LogP contribution in [0, 0.1) is 0 Å². The molecule has 1 aromatic heterocycles. The Labute approximate surface area is 65.1 Å². The monoisotopic (exact) mass is 152 g/mol. The molecule has 1 nitrogen and oxygen atoms in total. The van der Waals surface area contributed by atoms with Crippen LogP contribution in [0.2, 0.25) is 6.04 Å². The Morgan fingerprint density at radius 1 is 1.10 bits per heavy atom. The second-order valence-electron chi connectivity index (χ2n) is 2.47. The number of hydrogen-bond donors (Lipinski definition) is 0. The van der Waals surface area contributed by atoms with Gasteiger partial charge >= 0.3 is 0 Å². The van der Waals surface area contributed by atoms with Gasteiger partial charge in [-0.05, 0) is 0 Å². The van der Waals surface area contributed by atoms with E-state index in [1.807, 2.05) is 0 Å². The Morgan fingerprint density at radius 2 is 1.80 bits per heavy atom. The van der Waals surface area contributed by atoms with E-state index in [1.165, 1.54) is 29.3 Å². The van der Waals surface area contributed by atoms with Crippen molar-refractivity contribution in [2.45, 2.75) is 19.0 Å². The van der Waals surface area contributed by atoms with Crippen LogP contribution in [-0.4, -0.2) is 10.2 Å². The minimum atomic E-state index is 1.18. The van der Waals surface area contributed by atoms with Gasteiger partial charge in [0.2, 0.25) is 0 Å². The van der Waals surface area contributed by atoms with Gasteiger partial charge in [0.05, 0.1) is 0 Å². The normalized spacial score (nSPS) is 10.0. The van der Waals surface area contributed by atoms with E-state index in [4.69, 9.17) is 0 Å². The third-order valence-corrected chi connectivity index (χ3v) is 2.25. The van der Waals surface area contributed by atoms with Crippen LogP contribution in [0.3, 0.4) is 0 Å². The minimum Gasteiger partial charge on any atom is -0.205 e. The fourth-order valence-electron chi connectivity index (χ4n) is 0.924. The summed E-state index contributed by atoms with van der Waals surface area (Å²) in [5.74, 6) is 0. The van der Waals surface area contributed by atoms with Crippen LogP contribution in [0.15, 0.2) is 30.6 Å². The number of hydrogen-bond acceptors (Lipinski definition) is 0. The molecule has 0 aliphatic carbocycles. The van der Waals surface area contributed by atoms with Crippen molar-refractivity contribution in [3.05, 3.63) is 30.6 Å². The molecule has 54 valence electrons. The molecule has 2 heteroatoms. The number of aryl methyl sites for hydroxylation is 1. The van der Waals surface area contributed by atoms with Gasteiger partial charge in [0, 0.05) is 28.8 Å². The zero-order valence-electron chi connectivity index (χ0n) is 6.46. The van der Waals surface area contributed by atoms with E-state index in [1.54, 1.807) is 0 Å². The Kier molecular flexibility index (Phi) is 3.16. The van der Waals surface area contributed by atoms with E-state index in [2.05, 4.69) is 35.2 Å². The molecule has 0 spiro atoms. The van der Waals surface area contributed by atoms with Gasteiger partial charge in [-0.2, -0.15) is 0 Å². The second kappa shape index (κ2) is 4.23. The fourth-order valence-corrected chi connectivity index (χ4v) is 1.24. The minimum absolute atomic E-state index is 1.18. The first-order valence-electron chi connectivity index (χ1n) is 3.87. The highest BCUT2D eigenvalue weighted by Crippen LogP contribution is 1.84. The van der Waals surface area contributed by atoms with Gasteiger partial charge in [-0.25, -0.2) is 4.57 Å². The predicted octanol–water partition coefficient (Wildman–Crippen LogP) is 0.148. The van der Waals surface area contributed by atoms with Crippen LogP contribution >= 0.6 is 0 Å². The molecule has 0 aliphatic rings. The predicted molar refractivity (Wildman–Crippen MR) is 46.0 cm³/mol. The Hall–Kier alpha value is -0.633. The molecule has 0 unspecified atom stereocenters. The van der Waals surface area contributed by atoms with Crippen LogP contribution in [0.5, 0.6) is 0 Å². The summed E-state index contributed by atoms with van der Waals surface area (Å²) >= 11 is 0. The lowest BCUT2D eigenvalue weighted by atomic mass is 10.4. The van der Waals surface area contributed by atoms with Gasteiger partial charge in [-0.3, -0.25) is 0 Å². The number of aromatic nitrogens is 1. The van der Waals surface area contributed by atoms with Crippen LogP contribution in [0.1, 0.15) is 6.42 Å². The molecule has 1 heterocycles. The third kappa shape index (κ3) is 2.31. The fraction of sp³-hybridized carbons (Fsp3) is 0.375. The highest BCUT2D eigenvalue weighted by Gasteiger charge is 1.93. The van der Waals surface area contributed by atoms with Crippen LogP contribution in [-0.2, 0) is 6.54 Å². The first-order chi connectivity index (χ1) is 4.93. The summed E-state index contributed by atoms with van der Waals surface area (Å²) in [6.07, 6.45) is 5.58. The molecule has 0 saturated carbocycles. The van der Waals surface area contributed by atoms with Gasteiger partial charge in [0.15, 0.2) is 12.4 Å². The summed E-state index contributed by atoms with van der Waals surface area (Å²) < 4.78 is 2.23. The summed E-state index contributed by atoms with van der Waals surface area (Å²) in [4.78, 5) is 0. The van der Waals surface area contributed by atoms with Gasteiger partial charge in [0.1, 0.15) is 6.54 Å². The number of nitrogens with zero attached hydrogens (tertiary/aromatic N) is 1. The zero-order chi connectivity index (χ0) is 7.23. The van der Waals surface area contributed by atoms with Crippen LogP contribution in [0.25, 0.3) is 0 Å². The van der Waals surface area contributed by atoms with Gasteiger partial charge < -0.3 is 0 Å². The zero-order valence-corrected chi connectivity index (χ0v) is 8.46. The van der Waals surface area contributed by atoms with E-state index in [0.29, 0.717) is 0 Å². The lowest BCUT2D eigenvalue weighted by Crippen LogP contribution is -2.31. The molecule has 0 N–H and O–H groups in total. The lowest BCUT2D eigenvalue weighted by Gasteiger charge is -1.91. The summed E-state index contributed by atoms with van der Waals surface area (Å²) in [5, 5.41) is 0. The first kappa shape index (κ1) is 7.47. The second-order valence-corrected chi connectivity index (χ2v) is 3.47. The molecular weight excluding hydrogens is 138 g/mol. The molecule has 0 atom stereocenters. The topological polar surface area (TPSA) is 3.88 Å². The van der Waals surface area contributed by atoms with E-state index in [9.17, 15) is 0 Å². The first-order valence-corrected chi connectivity index (χ1v) is 5.29. The van der Waals surface area contributed by atoms with Gasteiger partial charge in [-0.1, -0.05) is 12.1 Å². The molecule has 0 fully saturated rings. The molecule has 0 radical (unpaired) electrons. The van der Waals surface area contributed by atoms with Crippen LogP contribution in [0.4, 0.5) is 0 Å². The highest BCUT2D eigenvalue weighted by molar-refractivity contribution is 6.08. The number of pyridine rings is 1. The molecule has 0 aliphatic heterocycles. The number of rotatable bonds is 3. The van der Waals surface area contributed by atoms with E-state index < -0.39 is 0 Å². The van der Waals surface area contributed by atoms with Crippen molar-refractivity contribution in [2.75, 3.05) is 0 Å². The Bertz CT molecular complexity index is 174. The van der Waals surface area contributed by atoms with Crippen molar-refractivity contribution >= 4 is 10.2 Å². The smallest absolute Gasteiger partial charge is 0.168 e. The molecule has 0 amide bonds. The van der Waals surface area contributed by atoms with Gasteiger partial charge in [-0.15, -0.1) is 0 Å². The molecule has 0 aromatic carbocycles. The Morgan fingerprint density at radius 3 is 2.40 bits per heavy atom. The summed E-state index contributed by atoms with van der Waals surface area (Å²) in [5.41, 5.74) is 0. The van der Waals surface area contributed by atoms with Crippen LogP contribution < -0.4 is 4.57 Å². The lowest BCUT2D eigenvalue weighted by molar-refractivity contribution is -0.696. The summed E-state index contributed by atoms with van der Waals surface area (Å²) in [6, 6.07) is 7.61. The third-order valence-electron chi connectivity index (χ3n) is 1.55. The van der Waals surface area contributed by atoms with Crippen molar-refractivity contribution in [3.63, 3.8) is 0 Å². The van der Waals surface area contributed by atoms with Gasteiger partial charge in [0.25, 0.3) is 0 Å². The summed E-state index contributed by atoms with van der Waals surface area (Å²) in [7, 11) is 1.34. The molecule has 10 heavy (non-hydrogen) atoms. The van der Waals surface area contributed by atoms with Crippen molar-refractivity contribution in [3.8, 4) is 0 Å². The van der Waals surface area contributed by atoms with Crippen molar-refractivity contribution < 1.29 is 4.57 Å². The van der Waals surface area contributed by atoms with Crippen molar-refractivity contribution in [2.24, 2.45) is 0 Å². The molecule has 1 aromatic rings. The quantitative estimate of drug-likeness (QED) is 0.429. The average Bonchev–Trinajstić information content (AvgIpc) is 2.03. The molecule has 0 bridgehead atoms. The average molecular weight is 152 g/mol. The standard InChI is InChI=1S/C8H14NSi/c10-8-4-7-9-5-2-1-3-6-9/h1-3,5-6H,4,7-8H2,10H3/q+1. The largest absolute Gasteiger partial charge is 0.205 e. The van der Waals surface area contributed by atoms with E-state index >= 15 is 0 Å².